The molecule has 8 nitrogen and oxygen atoms in total. The maximum atomic E-state index is 12.2. The molecule has 2 amide bonds. The molecule has 24 heavy (non-hydrogen) atoms. The van der Waals surface area contributed by atoms with E-state index in [1.54, 1.807) is 24.3 Å². The molecule has 0 saturated heterocycles. The van der Waals surface area contributed by atoms with Gasteiger partial charge in [-0.2, -0.15) is 5.10 Å². The topological polar surface area (TPSA) is 125 Å². The molecule has 8 heteroatoms. The Morgan fingerprint density at radius 2 is 2.17 bits per heavy atom. The first-order chi connectivity index (χ1) is 11.4. The molecule has 0 fully saturated rings. The van der Waals surface area contributed by atoms with E-state index in [4.69, 9.17) is 5.73 Å². The maximum Gasteiger partial charge on any atom is 0.276 e. The van der Waals surface area contributed by atoms with E-state index in [1.165, 1.54) is 0 Å². The second-order valence-corrected chi connectivity index (χ2v) is 5.97. The predicted molar refractivity (Wildman–Crippen MR) is 89.5 cm³/mol. The van der Waals surface area contributed by atoms with Crippen LogP contribution in [-0.4, -0.2) is 28.0 Å². The van der Waals surface area contributed by atoms with Crippen molar-refractivity contribution in [1.29, 1.82) is 0 Å². The van der Waals surface area contributed by atoms with E-state index in [0.717, 1.165) is 11.3 Å². The number of carbonyl (C=O) groups is 2. The van der Waals surface area contributed by atoms with Crippen molar-refractivity contribution in [3.8, 4) is 0 Å². The van der Waals surface area contributed by atoms with Crippen LogP contribution in [0.5, 0.6) is 0 Å². The number of amides is 2. The van der Waals surface area contributed by atoms with Gasteiger partial charge in [0.1, 0.15) is 0 Å². The van der Waals surface area contributed by atoms with Crippen molar-refractivity contribution in [3.63, 3.8) is 0 Å². The number of anilines is 1. The Kier molecular flexibility index (Phi) is 3.80. The van der Waals surface area contributed by atoms with Crippen molar-refractivity contribution in [2.45, 2.75) is 25.8 Å². The Hall–Kier alpha value is -3.16. The number of H-pyrrole nitrogens is 1. The van der Waals surface area contributed by atoms with Gasteiger partial charge in [0.15, 0.2) is 11.7 Å². The van der Waals surface area contributed by atoms with E-state index in [-0.39, 0.29) is 24.2 Å². The number of aliphatic imine (C=N–C) groups is 1. The number of hydrogen-bond donors (Lipinski definition) is 4. The molecule has 1 aromatic heterocycles. The molecule has 3 rings (SSSR count). The molecule has 0 bridgehead atoms. The quantitative estimate of drug-likeness (QED) is 0.672. The van der Waals surface area contributed by atoms with E-state index in [1.807, 2.05) is 19.9 Å². The molecule has 1 aliphatic heterocycles. The number of benzene rings is 1. The lowest BCUT2D eigenvalue weighted by molar-refractivity contribution is -0.121. The van der Waals surface area contributed by atoms with Gasteiger partial charge >= 0.3 is 0 Å². The van der Waals surface area contributed by atoms with Crippen LogP contribution in [-0.2, 0) is 10.3 Å². The first-order valence-electron chi connectivity index (χ1n) is 7.45. The van der Waals surface area contributed by atoms with Crippen molar-refractivity contribution >= 4 is 23.5 Å². The Morgan fingerprint density at radius 1 is 1.38 bits per heavy atom. The highest BCUT2D eigenvalue weighted by Gasteiger charge is 2.33. The molecule has 5 N–H and O–H groups in total. The fourth-order valence-corrected chi connectivity index (χ4v) is 2.66. The van der Waals surface area contributed by atoms with Crippen molar-refractivity contribution in [2.75, 3.05) is 5.32 Å². The summed E-state index contributed by atoms with van der Waals surface area (Å²) in [5, 5.41) is 11.9. The molecule has 0 saturated carbocycles. The fourth-order valence-electron chi connectivity index (χ4n) is 2.66. The Bertz CT molecular complexity index is 841. The normalized spacial score (nSPS) is 20.2. The van der Waals surface area contributed by atoms with Crippen molar-refractivity contribution in [1.82, 2.24) is 15.5 Å². The summed E-state index contributed by atoms with van der Waals surface area (Å²) < 4.78 is 0. The van der Waals surface area contributed by atoms with E-state index in [2.05, 4.69) is 25.8 Å². The maximum absolute atomic E-state index is 12.2. The SMILES string of the molecule is Cc1cc(C(=O)Nc2cccc(C3(C)CC(=O)NC(N)=N3)c2)n[nH]1. The van der Waals surface area contributed by atoms with Crippen LogP contribution in [0.25, 0.3) is 0 Å². The van der Waals surface area contributed by atoms with Gasteiger partial charge in [0.2, 0.25) is 5.91 Å². The monoisotopic (exact) mass is 326 g/mol. The number of nitrogens with zero attached hydrogens (tertiary/aromatic N) is 2. The summed E-state index contributed by atoms with van der Waals surface area (Å²) in [6.07, 6.45) is 0.184. The number of aromatic amines is 1. The Labute approximate surface area is 138 Å². The minimum absolute atomic E-state index is 0.0928. The van der Waals surface area contributed by atoms with Crippen LogP contribution < -0.4 is 16.4 Å². The largest absolute Gasteiger partial charge is 0.370 e. The second kappa shape index (κ2) is 5.80. The molecule has 2 heterocycles. The summed E-state index contributed by atoms with van der Waals surface area (Å²) in [5.41, 5.74) is 7.40. The third-order valence-electron chi connectivity index (χ3n) is 3.82. The van der Waals surface area contributed by atoms with Crippen LogP contribution >= 0.6 is 0 Å². The summed E-state index contributed by atoms with van der Waals surface area (Å²) in [4.78, 5) is 28.3. The minimum atomic E-state index is -0.768. The Balaban J connectivity index is 1.85. The third kappa shape index (κ3) is 3.12. The average molecular weight is 326 g/mol. The van der Waals surface area contributed by atoms with Crippen LogP contribution in [0.4, 0.5) is 5.69 Å². The zero-order valence-corrected chi connectivity index (χ0v) is 13.4. The van der Waals surface area contributed by atoms with Crippen molar-refractivity contribution < 1.29 is 9.59 Å². The number of carbonyl (C=O) groups excluding carboxylic acids is 2. The zero-order valence-electron chi connectivity index (χ0n) is 13.4. The van der Waals surface area contributed by atoms with Gasteiger partial charge in [-0.05, 0) is 37.6 Å². The lowest BCUT2D eigenvalue weighted by atomic mass is 9.87. The van der Waals surface area contributed by atoms with Gasteiger partial charge in [-0.1, -0.05) is 12.1 Å². The number of nitrogens with two attached hydrogens (primary N) is 1. The van der Waals surface area contributed by atoms with Crippen molar-refractivity contribution in [3.05, 3.63) is 47.3 Å². The molecule has 124 valence electrons. The van der Waals surface area contributed by atoms with Gasteiger partial charge < -0.3 is 11.1 Å². The van der Waals surface area contributed by atoms with E-state index >= 15 is 0 Å². The van der Waals surface area contributed by atoms with Gasteiger partial charge in [-0.25, -0.2) is 4.99 Å². The molecule has 0 radical (unpaired) electrons. The lowest BCUT2D eigenvalue weighted by Gasteiger charge is -2.29. The predicted octanol–water partition coefficient (Wildman–Crippen LogP) is 1.02. The average Bonchev–Trinajstić information content (AvgIpc) is 2.93. The van der Waals surface area contributed by atoms with Crippen LogP contribution in [0, 0.1) is 6.92 Å². The Morgan fingerprint density at radius 3 is 2.83 bits per heavy atom. The van der Waals surface area contributed by atoms with Gasteiger partial charge in [0.25, 0.3) is 5.91 Å². The first-order valence-corrected chi connectivity index (χ1v) is 7.45. The van der Waals surface area contributed by atoms with Crippen molar-refractivity contribution in [2.24, 2.45) is 10.7 Å². The van der Waals surface area contributed by atoms with Gasteiger partial charge in [-0.15, -0.1) is 0 Å². The molecular weight excluding hydrogens is 308 g/mol. The van der Waals surface area contributed by atoms with E-state index < -0.39 is 5.54 Å². The lowest BCUT2D eigenvalue weighted by Crippen LogP contribution is -2.46. The summed E-state index contributed by atoms with van der Waals surface area (Å²) in [5.74, 6) is -0.410. The summed E-state index contributed by atoms with van der Waals surface area (Å²) >= 11 is 0. The highest BCUT2D eigenvalue weighted by Crippen LogP contribution is 2.32. The van der Waals surface area contributed by atoms with E-state index in [9.17, 15) is 9.59 Å². The number of hydrogen-bond acceptors (Lipinski definition) is 5. The minimum Gasteiger partial charge on any atom is -0.370 e. The highest BCUT2D eigenvalue weighted by atomic mass is 16.2. The third-order valence-corrected chi connectivity index (χ3v) is 3.82. The fraction of sp³-hybridized carbons (Fsp3) is 0.250. The van der Waals surface area contributed by atoms with Crippen LogP contribution in [0.3, 0.4) is 0 Å². The number of nitrogens with one attached hydrogen (secondary N) is 3. The standard InChI is InChI=1S/C16H18N6O2/c1-9-6-12(22-21-9)14(24)18-11-5-3-4-10(7-11)16(2)8-13(23)19-15(17)20-16/h3-7H,8H2,1-2H3,(H,18,24)(H,21,22)(H3,17,19,20,23). The van der Waals surface area contributed by atoms with Crippen LogP contribution in [0.1, 0.15) is 35.1 Å². The van der Waals surface area contributed by atoms with Gasteiger partial charge in [0, 0.05) is 11.4 Å². The molecule has 0 aliphatic carbocycles. The molecule has 0 spiro atoms. The number of aromatic nitrogens is 2. The molecule has 1 atom stereocenters. The van der Waals surface area contributed by atoms with Crippen LogP contribution in [0.2, 0.25) is 0 Å². The summed E-state index contributed by atoms with van der Waals surface area (Å²) in [6.45, 7) is 3.65. The van der Waals surface area contributed by atoms with Gasteiger partial charge in [-0.3, -0.25) is 20.0 Å². The first kappa shape index (κ1) is 15.7. The molecular formula is C16H18N6O2. The summed E-state index contributed by atoms with van der Waals surface area (Å²) in [6, 6.07) is 8.86. The molecule has 1 unspecified atom stereocenters. The van der Waals surface area contributed by atoms with Gasteiger partial charge in [0.05, 0.1) is 12.0 Å². The smallest absolute Gasteiger partial charge is 0.276 e. The second-order valence-electron chi connectivity index (χ2n) is 5.97. The van der Waals surface area contributed by atoms with Crippen LogP contribution in [0.15, 0.2) is 35.3 Å². The number of rotatable bonds is 3. The zero-order chi connectivity index (χ0) is 17.3. The molecule has 1 aliphatic rings. The number of aryl methyl sites for hydroxylation is 1. The highest BCUT2D eigenvalue weighted by molar-refractivity contribution is 6.03. The number of guanidine groups is 1. The summed E-state index contributed by atoms with van der Waals surface area (Å²) in [7, 11) is 0. The molecule has 1 aromatic carbocycles. The molecule has 2 aromatic rings. The van der Waals surface area contributed by atoms with E-state index in [0.29, 0.717) is 11.4 Å².